The number of nitrogen functional groups attached to an aromatic ring is 3. The first-order chi connectivity index (χ1) is 7.66. The summed E-state index contributed by atoms with van der Waals surface area (Å²) in [5.74, 6) is 0. The molecule has 0 saturated carbocycles. The molecular weight excluding hydrogens is 218 g/mol. The standard InChI is InChI=1S/C12H13N3S/c13-8-5-6-10(15)12(7-8)16-11-4-2-1-3-9(11)14/h1-7H,13-15H2. The molecule has 0 atom stereocenters. The van der Waals surface area contributed by atoms with Gasteiger partial charge in [-0.05, 0) is 30.3 Å². The van der Waals surface area contributed by atoms with Gasteiger partial charge in [0.05, 0.1) is 0 Å². The highest BCUT2D eigenvalue weighted by Crippen LogP contribution is 2.36. The van der Waals surface area contributed by atoms with E-state index in [4.69, 9.17) is 17.2 Å². The quantitative estimate of drug-likeness (QED) is 0.694. The van der Waals surface area contributed by atoms with Crippen LogP contribution >= 0.6 is 11.8 Å². The van der Waals surface area contributed by atoms with Crippen LogP contribution < -0.4 is 17.2 Å². The average molecular weight is 231 g/mol. The second-order valence-corrected chi connectivity index (χ2v) is 4.52. The van der Waals surface area contributed by atoms with Crippen LogP contribution in [-0.2, 0) is 0 Å². The van der Waals surface area contributed by atoms with Gasteiger partial charge >= 0.3 is 0 Å². The summed E-state index contributed by atoms with van der Waals surface area (Å²) in [6, 6.07) is 13.1. The highest BCUT2D eigenvalue weighted by molar-refractivity contribution is 7.99. The fourth-order valence-electron chi connectivity index (χ4n) is 1.33. The highest BCUT2D eigenvalue weighted by Gasteiger charge is 2.04. The molecule has 0 unspecified atom stereocenters. The molecule has 2 rings (SSSR count). The van der Waals surface area contributed by atoms with Gasteiger partial charge in [0.15, 0.2) is 0 Å². The molecular formula is C12H13N3S. The zero-order valence-corrected chi connectivity index (χ0v) is 9.50. The summed E-state index contributed by atoms with van der Waals surface area (Å²) in [6.07, 6.45) is 0. The first-order valence-electron chi connectivity index (χ1n) is 4.84. The van der Waals surface area contributed by atoms with E-state index in [1.807, 2.05) is 30.3 Å². The largest absolute Gasteiger partial charge is 0.399 e. The van der Waals surface area contributed by atoms with Crippen molar-refractivity contribution in [2.75, 3.05) is 17.2 Å². The van der Waals surface area contributed by atoms with Crippen molar-refractivity contribution in [2.24, 2.45) is 0 Å². The van der Waals surface area contributed by atoms with Crippen molar-refractivity contribution in [1.82, 2.24) is 0 Å². The Kier molecular flexibility index (Phi) is 2.92. The third-order valence-corrected chi connectivity index (χ3v) is 3.34. The maximum Gasteiger partial charge on any atom is 0.0457 e. The Bertz CT molecular complexity index is 511. The predicted octanol–water partition coefficient (Wildman–Crippen LogP) is 2.58. The molecule has 0 saturated heterocycles. The van der Waals surface area contributed by atoms with E-state index in [1.165, 1.54) is 11.8 Å². The summed E-state index contributed by atoms with van der Waals surface area (Å²) >= 11 is 1.52. The van der Waals surface area contributed by atoms with Crippen LogP contribution in [0, 0.1) is 0 Å². The number of benzene rings is 2. The third-order valence-electron chi connectivity index (χ3n) is 2.18. The van der Waals surface area contributed by atoms with E-state index in [2.05, 4.69) is 0 Å². The SMILES string of the molecule is Nc1ccc(N)c(Sc2ccccc2N)c1. The van der Waals surface area contributed by atoms with Gasteiger partial charge in [0.1, 0.15) is 0 Å². The fraction of sp³-hybridized carbons (Fsp3) is 0. The molecule has 0 heterocycles. The minimum Gasteiger partial charge on any atom is -0.399 e. The summed E-state index contributed by atoms with van der Waals surface area (Å²) in [6.45, 7) is 0. The van der Waals surface area contributed by atoms with Crippen LogP contribution in [0.1, 0.15) is 0 Å². The van der Waals surface area contributed by atoms with Crippen LogP contribution in [0.25, 0.3) is 0 Å². The second kappa shape index (κ2) is 4.37. The van der Waals surface area contributed by atoms with Gasteiger partial charge in [0.2, 0.25) is 0 Å². The molecule has 2 aromatic carbocycles. The van der Waals surface area contributed by atoms with Crippen LogP contribution in [0.2, 0.25) is 0 Å². The van der Waals surface area contributed by atoms with Gasteiger partial charge in [-0.1, -0.05) is 23.9 Å². The van der Waals surface area contributed by atoms with Crippen molar-refractivity contribution in [3.63, 3.8) is 0 Å². The Labute approximate surface area is 98.6 Å². The Morgan fingerprint density at radius 3 is 2.19 bits per heavy atom. The zero-order valence-electron chi connectivity index (χ0n) is 8.68. The molecule has 0 amide bonds. The van der Waals surface area contributed by atoms with Crippen LogP contribution in [0.5, 0.6) is 0 Å². The summed E-state index contributed by atoms with van der Waals surface area (Å²) < 4.78 is 0. The number of hydrogen-bond acceptors (Lipinski definition) is 4. The molecule has 0 aliphatic heterocycles. The Balaban J connectivity index is 2.34. The number of rotatable bonds is 2. The molecule has 0 bridgehead atoms. The van der Waals surface area contributed by atoms with E-state index in [0.717, 1.165) is 15.5 Å². The Morgan fingerprint density at radius 1 is 0.750 bits per heavy atom. The summed E-state index contributed by atoms with van der Waals surface area (Å²) in [5, 5.41) is 0. The molecule has 0 radical (unpaired) electrons. The predicted molar refractivity (Wildman–Crippen MR) is 70.2 cm³/mol. The number of para-hydroxylation sites is 1. The summed E-state index contributed by atoms with van der Waals surface area (Å²) in [5.41, 5.74) is 19.6. The highest BCUT2D eigenvalue weighted by atomic mass is 32.2. The molecule has 0 spiro atoms. The first-order valence-corrected chi connectivity index (χ1v) is 5.66. The molecule has 0 aliphatic rings. The third kappa shape index (κ3) is 2.23. The van der Waals surface area contributed by atoms with E-state index < -0.39 is 0 Å². The lowest BCUT2D eigenvalue weighted by molar-refractivity contribution is 1.41. The van der Waals surface area contributed by atoms with Crippen molar-refractivity contribution < 1.29 is 0 Å². The molecule has 16 heavy (non-hydrogen) atoms. The monoisotopic (exact) mass is 231 g/mol. The van der Waals surface area contributed by atoms with Crippen molar-refractivity contribution in [3.05, 3.63) is 42.5 Å². The first kappa shape index (κ1) is 10.7. The number of hydrogen-bond donors (Lipinski definition) is 3. The lowest BCUT2D eigenvalue weighted by Crippen LogP contribution is -1.93. The lowest BCUT2D eigenvalue weighted by atomic mass is 10.3. The zero-order chi connectivity index (χ0) is 11.5. The minimum atomic E-state index is 0.700. The van der Waals surface area contributed by atoms with Crippen molar-refractivity contribution in [3.8, 4) is 0 Å². The van der Waals surface area contributed by atoms with Gasteiger partial charge < -0.3 is 17.2 Å². The van der Waals surface area contributed by atoms with E-state index in [-0.39, 0.29) is 0 Å². The van der Waals surface area contributed by atoms with E-state index >= 15 is 0 Å². The molecule has 0 aromatic heterocycles. The molecule has 82 valence electrons. The smallest absolute Gasteiger partial charge is 0.0457 e. The topological polar surface area (TPSA) is 78.1 Å². The fourth-order valence-corrected chi connectivity index (χ4v) is 2.28. The van der Waals surface area contributed by atoms with E-state index in [0.29, 0.717) is 11.4 Å². The van der Waals surface area contributed by atoms with Crippen molar-refractivity contribution in [2.45, 2.75) is 9.79 Å². The number of nitrogens with two attached hydrogens (primary N) is 3. The molecule has 0 fully saturated rings. The summed E-state index contributed by atoms with van der Waals surface area (Å²) in [4.78, 5) is 1.91. The van der Waals surface area contributed by atoms with Crippen LogP contribution in [0.15, 0.2) is 52.3 Å². The van der Waals surface area contributed by atoms with Gasteiger partial charge in [-0.25, -0.2) is 0 Å². The van der Waals surface area contributed by atoms with Gasteiger partial charge in [0.25, 0.3) is 0 Å². The van der Waals surface area contributed by atoms with E-state index in [9.17, 15) is 0 Å². The van der Waals surface area contributed by atoms with Gasteiger partial charge in [0, 0.05) is 26.9 Å². The van der Waals surface area contributed by atoms with Crippen LogP contribution in [-0.4, -0.2) is 0 Å². The van der Waals surface area contributed by atoms with Crippen molar-refractivity contribution >= 4 is 28.8 Å². The van der Waals surface area contributed by atoms with Crippen LogP contribution in [0.4, 0.5) is 17.1 Å². The Hall–Kier alpha value is -1.81. The molecule has 4 heteroatoms. The molecule has 6 N–H and O–H groups in total. The second-order valence-electron chi connectivity index (χ2n) is 3.44. The average Bonchev–Trinajstić information content (AvgIpc) is 2.27. The molecule has 0 aliphatic carbocycles. The van der Waals surface area contributed by atoms with Gasteiger partial charge in [-0.15, -0.1) is 0 Å². The van der Waals surface area contributed by atoms with E-state index in [1.54, 1.807) is 12.1 Å². The maximum atomic E-state index is 5.87. The lowest BCUT2D eigenvalue weighted by Gasteiger charge is -2.08. The number of anilines is 3. The molecule has 2 aromatic rings. The normalized spacial score (nSPS) is 10.2. The van der Waals surface area contributed by atoms with Crippen LogP contribution in [0.3, 0.4) is 0 Å². The maximum absolute atomic E-state index is 5.87. The Morgan fingerprint density at radius 2 is 1.44 bits per heavy atom. The minimum absolute atomic E-state index is 0.700. The molecule has 3 nitrogen and oxygen atoms in total. The summed E-state index contributed by atoms with van der Waals surface area (Å²) in [7, 11) is 0. The van der Waals surface area contributed by atoms with Crippen molar-refractivity contribution in [1.29, 1.82) is 0 Å². The van der Waals surface area contributed by atoms with Gasteiger partial charge in [-0.2, -0.15) is 0 Å². The van der Waals surface area contributed by atoms with Gasteiger partial charge in [-0.3, -0.25) is 0 Å².